The maximum atomic E-state index is 13.4. The van der Waals surface area contributed by atoms with Crippen molar-refractivity contribution in [2.24, 2.45) is 22.6 Å². The number of hydrogen-bond donors (Lipinski definition) is 4. The number of Topliss-reactive ketones (excluding diaryl/α,β-unsaturated/α-hetero) is 1. The van der Waals surface area contributed by atoms with E-state index in [4.69, 9.17) is 19.9 Å². The quantitative estimate of drug-likeness (QED) is 0.168. The number of aliphatic imine (C=N–C) groups is 1. The number of benzene rings is 1. The number of ketones is 1. The zero-order chi connectivity index (χ0) is 31.6. The molecule has 0 unspecified atom stereocenters. The molecule has 5 N–H and O–H groups in total. The average molecular weight is 584 g/mol. The zero-order valence-corrected chi connectivity index (χ0v) is 24.9. The molecular weight excluding hydrogens is 542 g/mol. The number of methoxy groups -OCH3 is 2. The third-order valence-electron chi connectivity index (χ3n) is 6.91. The number of nitrogens with zero attached hydrogens (tertiary/aromatic N) is 1. The number of fused-ring (bicyclic) bond motifs is 2. The van der Waals surface area contributed by atoms with Crippen LogP contribution in [0, 0.1) is 11.8 Å². The van der Waals surface area contributed by atoms with E-state index in [1.807, 2.05) is 6.92 Å². The van der Waals surface area contributed by atoms with Crippen molar-refractivity contribution in [1.82, 2.24) is 0 Å². The third-order valence-corrected chi connectivity index (χ3v) is 6.91. The Morgan fingerprint density at radius 3 is 2.48 bits per heavy atom. The Morgan fingerprint density at radius 1 is 1.19 bits per heavy atom. The Balaban J connectivity index is 2.70. The van der Waals surface area contributed by atoms with Crippen LogP contribution in [0.1, 0.15) is 39.7 Å². The van der Waals surface area contributed by atoms with E-state index >= 15 is 0 Å². The van der Waals surface area contributed by atoms with Crippen molar-refractivity contribution in [2.45, 2.75) is 58.8 Å². The summed E-state index contributed by atoms with van der Waals surface area (Å²) in [6.45, 7) is 10.4. The fourth-order valence-electron chi connectivity index (χ4n) is 4.71. The minimum absolute atomic E-state index is 0.00981. The van der Waals surface area contributed by atoms with Crippen LogP contribution in [-0.2, 0) is 30.2 Å². The summed E-state index contributed by atoms with van der Waals surface area (Å²) in [5.41, 5.74) is 6.53. The van der Waals surface area contributed by atoms with E-state index in [-0.39, 0.29) is 58.6 Å². The summed E-state index contributed by atoms with van der Waals surface area (Å²) in [6, 6.07) is 1.22. The van der Waals surface area contributed by atoms with E-state index in [0.29, 0.717) is 5.57 Å². The van der Waals surface area contributed by atoms with Crippen LogP contribution in [0.3, 0.4) is 0 Å². The molecule has 0 radical (unpaired) electrons. The van der Waals surface area contributed by atoms with Gasteiger partial charge in [0.25, 0.3) is 5.91 Å². The predicted octanol–water partition coefficient (Wildman–Crippen LogP) is 4.65. The van der Waals surface area contributed by atoms with E-state index in [1.165, 1.54) is 38.7 Å². The van der Waals surface area contributed by atoms with E-state index in [2.05, 4.69) is 16.9 Å². The number of hydrogen-bond acceptors (Lipinski definition) is 9. The molecule has 2 amide bonds. The first-order chi connectivity index (χ1) is 19.8. The number of phenolic OH excluding ortho intramolecular Hbond substituents is 2. The van der Waals surface area contributed by atoms with Gasteiger partial charge in [0, 0.05) is 43.6 Å². The van der Waals surface area contributed by atoms with Crippen molar-refractivity contribution in [3.8, 4) is 11.5 Å². The van der Waals surface area contributed by atoms with E-state index < -0.39 is 36.2 Å². The molecule has 0 fully saturated rings. The first-order valence-electron chi connectivity index (χ1n) is 13.5. The molecule has 1 aliphatic heterocycles. The van der Waals surface area contributed by atoms with Crippen molar-refractivity contribution < 1.29 is 38.8 Å². The molecular formula is C31H41N3O8. The number of ether oxygens (including phenoxy) is 3. The standard InChI is InChI=1S/C31H41N3O8/c1-8-12-33-26-21-13-17(2)14-25(41-7)27(36)19(4)15-20(5)29(42-31(32)39)24(40-6)11-9-10-18(3)30(38)34-22(28(21)37)16-23(26)35/h8-12,15-17,19,24-25,29,35,37H,1,13-14H2,2-7H3,(H2,32,39)(H,34,38)/b11-9-,18-10+,20-15+,33-12?/t17-,19+,24+,25+,29+/m1/s1. The Kier molecular flexibility index (Phi) is 12.7. The summed E-state index contributed by atoms with van der Waals surface area (Å²) in [5, 5.41) is 24.6. The van der Waals surface area contributed by atoms with E-state index in [1.54, 1.807) is 39.0 Å². The highest BCUT2D eigenvalue weighted by Gasteiger charge is 2.29. The first kappa shape index (κ1) is 34.0. The Bertz CT molecular complexity index is 1300. The molecule has 11 nitrogen and oxygen atoms in total. The van der Waals surface area contributed by atoms with Crippen LogP contribution in [0.4, 0.5) is 16.2 Å². The van der Waals surface area contributed by atoms with Gasteiger partial charge in [0.2, 0.25) is 0 Å². The number of nitrogens with two attached hydrogens (primary N) is 1. The fourth-order valence-corrected chi connectivity index (χ4v) is 4.71. The number of phenols is 2. The normalized spacial score (nSPS) is 27.8. The molecule has 42 heavy (non-hydrogen) atoms. The molecule has 0 aromatic heterocycles. The summed E-state index contributed by atoms with van der Waals surface area (Å²) in [7, 11) is 2.86. The minimum atomic E-state index is -1.02. The van der Waals surface area contributed by atoms with E-state index in [0.717, 1.165) is 0 Å². The van der Waals surface area contributed by atoms with Gasteiger partial charge < -0.3 is 35.5 Å². The number of rotatable bonds is 5. The second kappa shape index (κ2) is 15.7. The topological polar surface area (TPSA) is 170 Å². The molecule has 228 valence electrons. The largest absolute Gasteiger partial charge is 0.506 e. The van der Waals surface area contributed by atoms with Gasteiger partial charge in [-0.3, -0.25) is 14.6 Å². The van der Waals surface area contributed by atoms with E-state index in [9.17, 15) is 24.6 Å². The Hall–Kier alpha value is -4.22. The second-order valence-corrected chi connectivity index (χ2v) is 10.3. The molecule has 0 aliphatic carbocycles. The molecule has 1 aromatic carbocycles. The van der Waals surface area contributed by atoms with Crippen molar-refractivity contribution in [3.63, 3.8) is 0 Å². The molecule has 5 atom stereocenters. The molecule has 1 aliphatic rings. The van der Waals surface area contributed by atoms with Crippen LogP contribution in [0.2, 0.25) is 0 Å². The number of carbonyl (C=O) groups is 3. The van der Waals surface area contributed by atoms with Crippen LogP contribution in [0.15, 0.2) is 59.2 Å². The highest BCUT2D eigenvalue weighted by Crippen LogP contribution is 2.44. The maximum absolute atomic E-state index is 13.4. The lowest BCUT2D eigenvalue weighted by Crippen LogP contribution is -2.35. The smallest absolute Gasteiger partial charge is 0.405 e. The number of carbonyl (C=O) groups excluding carboxylic acids is 3. The lowest BCUT2D eigenvalue weighted by Gasteiger charge is -2.25. The number of nitrogens with one attached hydrogen (secondary N) is 1. The predicted molar refractivity (Wildman–Crippen MR) is 161 cm³/mol. The van der Waals surface area contributed by atoms with Crippen LogP contribution >= 0.6 is 0 Å². The minimum Gasteiger partial charge on any atom is -0.506 e. The average Bonchev–Trinajstić information content (AvgIpc) is 2.94. The van der Waals surface area contributed by atoms with Crippen molar-refractivity contribution in [2.75, 3.05) is 19.5 Å². The van der Waals surface area contributed by atoms with Crippen LogP contribution in [-0.4, -0.2) is 66.7 Å². The SMILES string of the molecule is C=CC=Nc1c(O)cc2c(O)c1C[C@@H](C)C[C@H](OC)C(=O)[C@@H](C)/C=C(\C)[C@H](OC(N)=O)[C@@H](OC)/C=C\C=C(/C)C(=O)N2. The number of primary amides is 1. The summed E-state index contributed by atoms with van der Waals surface area (Å²) in [4.78, 5) is 42.4. The Labute approximate surface area is 246 Å². The summed E-state index contributed by atoms with van der Waals surface area (Å²) < 4.78 is 16.4. The van der Waals surface area contributed by atoms with Gasteiger partial charge in [-0.25, -0.2) is 4.79 Å². The van der Waals surface area contributed by atoms with Gasteiger partial charge in [0.05, 0.1) is 5.69 Å². The van der Waals surface area contributed by atoms with Gasteiger partial charge in [0.15, 0.2) is 11.9 Å². The highest BCUT2D eigenvalue weighted by atomic mass is 16.6. The molecule has 2 bridgehead atoms. The van der Waals surface area contributed by atoms with Gasteiger partial charge in [-0.15, -0.1) is 0 Å². The van der Waals surface area contributed by atoms with Crippen LogP contribution in [0.25, 0.3) is 0 Å². The fraction of sp³-hybridized carbons (Fsp3) is 0.419. The van der Waals surface area contributed by atoms with Gasteiger partial charge in [0.1, 0.15) is 29.4 Å². The molecule has 0 saturated carbocycles. The zero-order valence-electron chi connectivity index (χ0n) is 24.9. The third kappa shape index (κ3) is 8.89. The number of aromatic hydroxyl groups is 2. The molecule has 1 aromatic rings. The molecule has 0 saturated heterocycles. The number of anilines is 1. The van der Waals surface area contributed by atoms with Gasteiger partial charge >= 0.3 is 6.09 Å². The lowest BCUT2D eigenvalue weighted by molar-refractivity contribution is -0.132. The summed E-state index contributed by atoms with van der Waals surface area (Å²) in [6.07, 6.45) is 6.03. The van der Waals surface area contributed by atoms with Gasteiger partial charge in [-0.05, 0) is 38.2 Å². The van der Waals surface area contributed by atoms with Crippen molar-refractivity contribution in [1.29, 1.82) is 0 Å². The van der Waals surface area contributed by atoms with Crippen LogP contribution in [0.5, 0.6) is 11.5 Å². The molecule has 2 rings (SSSR count). The molecule has 0 spiro atoms. The summed E-state index contributed by atoms with van der Waals surface area (Å²) >= 11 is 0. The van der Waals surface area contributed by atoms with Gasteiger partial charge in [-0.2, -0.15) is 0 Å². The first-order valence-corrected chi connectivity index (χ1v) is 13.5. The van der Waals surface area contributed by atoms with Crippen molar-refractivity contribution >= 4 is 35.4 Å². The Morgan fingerprint density at radius 2 is 1.88 bits per heavy atom. The highest BCUT2D eigenvalue weighted by molar-refractivity contribution is 6.05. The second-order valence-electron chi connectivity index (χ2n) is 10.3. The summed E-state index contributed by atoms with van der Waals surface area (Å²) in [5.74, 6) is -2.12. The van der Waals surface area contributed by atoms with Crippen LogP contribution < -0.4 is 11.1 Å². The molecule has 11 heteroatoms. The number of allylic oxidation sites excluding steroid dienone is 4. The number of amides is 2. The lowest BCUT2D eigenvalue weighted by atomic mass is 9.88. The van der Waals surface area contributed by atoms with Gasteiger partial charge in [-0.1, -0.05) is 50.8 Å². The molecule has 1 heterocycles. The van der Waals surface area contributed by atoms with Crippen molar-refractivity contribution in [3.05, 3.63) is 59.7 Å². The monoisotopic (exact) mass is 583 g/mol. The maximum Gasteiger partial charge on any atom is 0.405 e.